The lowest BCUT2D eigenvalue weighted by molar-refractivity contribution is 0.0972. The smallest absolute Gasteiger partial charge is 0.264 e. The fraction of sp³-hybridized carbons (Fsp3) is 0.200. The summed E-state index contributed by atoms with van der Waals surface area (Å²) >= 11 is 0. The van der Waals surface area contributed by atoms with Gasteiger partial charge in [-0.05, 0) is 12.1 Å². The van der Waals surface area contributed by atoms with E-state index in [1.165, 1.54) is 26.4 Å². The molecule has 0 aliphatic carbocycles. The van der Waals surface area contributed by atoms with E-state index >= 15 is 0 Å². The molecule has 0 saturated carbocycles. The zero-order valence-electron chi connectivity index (χ0n) is 8.40. The van der Waals surface area contributed by atoms with Crippen LogP contribution in [-0.4, -0.2) is 20.1 Å². The van der Waals surface area contributed by atoms with Crippen LogP contribution in [0.2, 0.25) is 0 Å². The third-order valence-corrected chi connectivity index (χ3v) is 1.78. The van der Waals surface area contributed by atoms with E-state index in [0.717, 1.165) is 0 Å². The van der Waals surface area contributed by atoms with Gasteiger partial charge in [-0.3, -0.25) is 10.1 Å². The first-order valence-electron chi connectivity index (χ1n) is 4.13. The summed E-state index contributed by atoms with van der Waals surface area (Å²) in [5.74, 6) is 0.504. The summed E-state index contributed by atoms with van der Waals surface area (Å²) in [7, 11) is 2.97. The van der Waals surface area contributed by atoms with Crippen molar-refractivity contribution in [2.45, 2.75) is 0 Å². The monoisotopic (exact) mass is 206 g/mol. The van der Waals surface area contributed by atoms with Crippen molar-refractivity contribution in [3.8, 4) is 17.7 Å². The van der Waals surface area contributed by atoms with Crippen molar-refractivity contribution < 1.29 is 14.3 Å². The van der Waals surface area contributed by atoms with Gasteiger partial charge in [0.25, 0.3) is 5.91 Å². The zero-order chi connectivity index (χ0) is 11.3. The van der Waals surface area contributed by atoms with Crippen LogP contribution >= 0.6 is 0 Å². The summed E-state index contributed by atoms with van der Waals surface area (Å²) in [5.41, 5.74) is 0.313. The molecular formula is C10H10N2O3. The number of carbonyl (C=O) groups is 1. The van der Waals surface area contributed by atoms with Crippen LogP contribution in [0.1, 0.15) is 10.4 Å². The van der Waals surface area contributed by atoms with Gasteiger partial charge in [0.2, 0.25) is 0 Å². The van der Waals surface area contributed by atoms with Crippen LogP contribution in [-0.2, 0) is 0 Å². The molecule has 1 aromatic rings. The highest BCUT2D eigenvalue weighted by atomic mass is 16.5. The van der Waals surface area contributed by atoms with Crippen molar-refractivity contribution in [2.75, 3.05) is 14.2 Å². The number of carbonyl (C=O) groups excluding carboxylic acids is 1. The average Bonchev–Trinajstić information content (AvgIpc) is 2.28. The predicted octanol–water partition coefficient (Wildman–Crippen LogP) is 0.915. The van der Waals surface area contributed by atoms with Crippen molar-refractivity contribution in [2.24, 2.45) is 0 Å². The number of nitrogens with zero attached hydrogens (tertiary/aromatic N) is 1. The molecule has 1 N–H and O–H groups in total. The average molecular weight is 206 g/mol. The Morgan fingerprint density at radius 3 is 2.20 bits per heavy atom. The predicted molar refractivity (Wildman–Crippen MR) is 52.6 cm³/mol. The molecule has 0 saturated heterocycles. The van der Waals surface area contributed by atoms with Crippen molar-refractivity contribution in [1.29, 1.82) is 5.26 Å². The van der Waals surface area contributed by atoms with Gasteiger partial charge in [0.15, 0.2) is 6.19 Å². The van der Waals surface area contributed by atoms with Crippen LogP contribution < -0.4 is 14.8 Å². The van der Waals surface area contributed by atoms with Crippen LogP contribution in [0.3, 0.4) is 0 Å². The third kappa shape index (κ3) is 2.61. The number of hydrogen-bond acceptors (Lipinski definition) is 4. The normalized spacial score (nSPS) is 8.87. The second-order valence-corrected chi connectivity index (χ2v) is 2.67. The minimum Gasteiger partial charge on any atom is -0.497 e. The van der Waals surface area contributed by atoms with E-state index < -0.39 is 5.91 Å². The highest BCUT2D eigenvalue weighted by Crippen LogP contribution is 2.22. The second-order valence-electron chi connectivity index (χ2n) is 2.67. The maximum Gasteiger partial charge on any atom is 0.264 e. The molecular weight excluding hydrogens is 196 g/mol. The number of hydrogen-bond donors (Lipinski definition) is 1. The minimum atomic E-state index is -0.491. The van der Waals surface area contributed by atoms with Crippen molar-refractivity contribution in [3.05, 3.63) is 23.8 Å². The molecule has 0 bridgehead atoms. The van der Waals surface area contributed by atoms with Crippen LogP contribution in [0, 0.1) is 11.5 Å². The number of rotatable bonds is 3. The topological polar surface area (TPSA) is 71.3 Å². The van der Waals surface area contributed by atoms with Crippen LogP contribution in [0.4, 0.5) is 0 Å². The Bertz CT molecular complexity index is 387. The number of methoxy groups -OCH3 is 2. The number of nitriles is 1. The molecule has 0 aliphatic heterocycles. The molecule has 15 heavy (non-hydrogen) atoms. The lowest BCUT2D eigenvalue weighted by Gasteiger charge is -2.06. The molecule has 1 rings (SSSR count). The summed E-state index contributed by atoms with van der Waals surface area (Å²) in [6, 6.07) is 4.69. The van der Waals surface area contributed by atoms with Crippen molar-refractivity contribution in [3.63, 3.8) is 0 Å². The molecule has 0 atom stereocenters. The molecule has 0 fully saturated rings. The lowest BCUT2D eigenvalue weighted by Crippen LogP contribution is -2.17. The van der Waals surface area contributed by atoms with Gasteiger partial charge in [0.05, 0.1) is 14.2 Å². The number of ether oxygens (including phenoxy) is 2. The molecule has 0 unspecified atom stereocenters. The van der Waals surface area contributed by atoms with Crippen molar-refractivity contribution in [1.82, 2.24) is 5.32 Å². The van der Waals surface area contributed by atoms with Crippen LogP contribution in [0.15, 0.2) is 18.2 Å². The van der Waals surface area contributed by atoms with Gasteiger partial charge in [-0.1, -0.05) is 0 Å². The van der Waals surface area contributed by atoms with Gasteiger partial charge < -0.3 is 9.47 Å². The first-order chi connectivity index (χ1) is 7.21. The zero-order valence-corrected chi connectivity index (χ0v) is 8.40. The van der Waals surface area contributed by atoms with Gasteiger partial charge in [-0.25, -0.2) is 0 Å². The fourth-order valence-electron chi connectivity index (χ4n) is 1.06. The second kappa shape index (κ2) is 4.86. The van der Waals surface area contributed by atoms with Crippen molar-refractivity contribution >= 4 is 5.91 Å². The van der Waals surface area contributed by atoms with Gasteiger partial charge in [-0.15, -0.1) is 0 Å². The molecule has 0 aliphatic rings. The quantitative estimate of drug-likeness (QED) is 0.589. The maximum absolute atomic E-state index is 11.3. The SMILES string of the molecule is COc1cc(OC)cc(C(=O)NC#N)c1. The Hall–Kier alpha value is -2.22. The Labute approximate surface area is 87.2 Å². The maximum atomic E-state index is 11.3. The first kappa shape index (κ1) is 10.9. The Kier molecular flexibility index (Phi) is 3.52. The number of amides is 1. The third-order valence-electron chi connectivity index (χ3n) is 1.78. The Balaban J connectivity index is 3.07. The molecule has 0 radical (unpaired) electrons. The van der Waals surface area contributed by atoms with E-state index in [0.29, 0.717) is 17.1 Å². The molecule has 1 amide bonds. The van der Waals surface area contributed by atoms with Crippen LogP contribution in [0.5, 0.6) is 11.5 Å². The fourth-order valence-corrected chi connectivity index (χ4v) is 1.06. The van der Waals surface area contributed by atoms with E-state index in [1.807, 2.05) is 5.32 Å². The molecule has 5 nitrogen and oxygen atoms in total. The van der Waals surface area contributed by atoms with Gasteiger partial charge in [0.1, 0.15) is 11.5 Å². The molecule has 78 valence electrons. The highest BCUT2D eigenvalue weighted by Gasteiger charge is 2.08. The summed E-state index contributed by atoms with van der Waals surface area (Å²) in [6.45, 7) is 0. The van der Waals surface area contributed by atoms with E-state index in [1.54, 1.807) is 12.3 Å². The largest absolute Gasteiger partial charge is 0.497 e. The first-order valence-corrected chi connectivity index (χ1v) is 4.13. The molecule has 0 heterocycles. The summed E-state index contributed by atoms with van der Waals surface area (Å²) in [5, 5.41) is 10.3. The Morgan fingerprint density at radius 1 is 1.27 bits per heavy atom. The van der Waals surface area contributed by atoms with Crippen LogP contribution in [0.25, 0.3) is 0 Å². The standard InChI is InChI=1S/C10H10N2O3/c1-14-8-3-7(10(13)12-6-11)4-9(5-8)15-2/h3-5H,1-2H3,(H,12,13). The van der Waals surface area contributed by atoms with Gasteiger partial charge in [-0.2, -0.15) is 5.26 Å². The molecule has 1 aromatic carbocycles. The van der Waals surface area contributed by atoms with E-state index in [4.69, 9.17) is 14.7 Å². The highest BCUT2D eigenvalue weighted by molar-refractivity contribution is 5.95. The molecule has 0 spiro atoms. The lowest BCUT2D eigenvalue weighted by atomic mass is 10.2. The van der Waals surface area contributed by atoms with E-state index in [2.05, 4.69) is 0 Å². The van der Waals surface area contributed by atoms with E-state index in [-0.39, 0.29) is 0 Å². The summed E-state index contributed by atoms with van der Waals surface area (Å²) < 4.78 is 9.97. The van der Waals surface area contributed by atoms with E-state index in [9.17, 15) is 4.79 Å². The molecule has 0 aromatic heterocycles. The van der Waals surface area contributed by atoms with Gasteiger partial charge >= 0.3 is 0 Å². The summed E-state index contributed by atoms with van der Waals surface area (Å²) in [6.07, 6.45) is 1.56. The minimum absolute atomic E-state index is 0.313. The number of nitrogens with one attached hydrogen (secondary N) is 1. The molecule has 5 heteroatoms. The summed E-state index contributed by atoms with van der Waals surface area (Å²) in [4.78, 5) is 11.3. The number of benzene rings is 1. The Morgan fingerprint density at radius 2 is 1.80 bits per heavy atom. The van der Waals surface area contributed by atoms with Gasteiger partial charge in [0, 0.05) is 11.6 Å².